The van der Waals surface area contributed by atoms with Gasteiger partial charge in [0.2, 0.25) is 0 Å². The summed E-state index contributed by atoms with van der Waals surface area (Å²) in [6.07, 6.45) is 3.17. The number of hydrogen-bond donors (Lipinski definition) is 0. The zero-order valence-electron chi connectivity index (χ0n) is 7.09. The van der Waals surface area contributed by atoms with Crippen LogP contribution in [0.5, 0.6) is 0 Å². The predicted octanol–water partition coefficient (Wildman–Crippen LogP) is 1.90. The van der Waals surface area contributed by atoms with Crippen LogP contribution in [0.3, 0.4) is 0 Å². The first-order chi connectivity index (χ1) is 5.08. The Kier molecular flexibility index (Phi) is 2.03. The molecule has 0 aromatic carbocycles. The van der Waals surface area contributed by atoms with Gasteiger partial charge in [-0.3, -0.25) is 4.79 Å². The highest BCUT2D eigenvalue weighted by atomic mass is 16.6. The number of ether oxygens (including phenoxy) is 1. The summed E-state index contributed by atoms with van der Waals surface area (Å²) in [5.41, 5.74) is -0.435. The van der Waals surface area contributed by atoms with Gasteiger partial charge in [0, 0.05) is 6.42 Å². The molecule has 0 unspecified atom stereocenters. The van der Waals surface area contributed by atoms with Gasteiger partial charge >= 0.3 is 5.97 Å². The Morgan fingerprint density at radius 1 is 1.82 bits per heavy atom. The quantitative estimate of drug-likeness (QED) is 0.426. The number of esters is 1. The minimum atomic E-state index is -0.435. The standard InChI is InChI=1S/C9H14O2/c1-4-9(3)7(2)5-6-8(10)11-9/h4,7H,1,5-6H2,2-3H3/t7-,9+/m1/s1. The Balaban J connectivity index is 2.75. The van der Waals surface area contributed by atoms with Gasteiger partial charge in [0.15, 0.2) is 0 Å². The molecule has 2 atom stereocenters. The summed E-state index contributed by atoms with van der Waals surface area (Å²) >= 11 is 0. The molecule has 1 aliphatic rings. The smallest absolute Gasteiger partial charge is 0.306 e. The van der Waals surface area contributed by atoms with Crippen LogP contribution in [0.2, 0.25) is 0 Å². The SMILES string of the molecule is C=C[C@]1(C)OC(=O)CC[C@H]1C. The first-order valence-electron chi connectivity index (χ1n) is 3.94. The molecule has 0 radical (unpaired) electrons. The maximum Gasteiger partial charge on any atom is 0.306 e. The van der Waals surface area contributed by atoms with E-state index in [1.165, 1.54) is 0 Å². The van der Waals surface area contributed by atoms with E-state index >= 15 is 0 Å². The largest absolute Gasteiger partial charge is 0.455 e. The topological polar surface area (TPSA) is 26.3 Å². The third kappa shape index (κ3) is 1.44. The average Bonchev–Trinajstić information content (AvgIpc) is 1.98. The van der Waals surface area contributed by atoms with Gasteiger partial charge in [-0.05, 0) is 25.3 Å². The highest BCUT2D eigenvalue weighted by molar-refractivity contribution is 5.71. The summed E-state index contributed by atoms with van der Waals surface area (Å²) in [6.45, 7) is 7.65. The second-order valence-corrected chi connectivity index (χ2v) is 3.30. The molecule has 1 saturated heterocycles. The number of rotatable bonds is 1. The monoisotopic (exact) mass is 154 g/mol. The Labute approximate surface area is 67.2 Å². The number of cyclic esters (lactones) is 1. The Morgan fingerprint density at radius 2 is 2.45 bits per heavy atom. The summed E-state index contributed by atoms with van der Waals surface area (Å²) in [6, 6.07) is 0. The normalized spacial score (nSPS) is 38.0. The summed E-state index contributed by atoms with van der Waals surface area (Å²) in [4.78, 5) is 10.9. The van der Waals surface area contributed by atoms with Crippen molar-refractivity contribution >= 4 is 5.97 Å². The van der Waals surface area contributed by atoms with Gasteiger partial charge in [-0.2, -0.15) is 0 Å². The van der Waals surface area contributed by atoms with E-state index in [1.54, 1.807) is 6.08 Å². The molecule has 1 fully saturated rings. The molecule has 0 saturated carbocycles. The lowest BCUT2D eigenvalue weighted by Crippen LogP contribution is -2.40. The van der Waals surface area contributed by atoms with Gasteiger partial charge < -0.3 is 4.74 Å². The second kappa shape index (κ2) is 2.68. The van der Waals surface area contributed by atoms with Gasteiger partial charge in [0.05, 0.1) is 0 Å². The van der Waals surface area contributed by atoms with Crippen molar-refractivity contribution in [2.24, 2.45) is 5.92 Å². The average molecular weight is 154 g/mol. The van der Waals surface area contributed by atoms with Crippen LogP contribution in [0.15, 0.2) is 12.7 Å². The molecule has 1 heterocycles. The Morgan fingerprint density at radius 3 is 2.91 bits per heavy atom. The number of carbonyl (C=O) groups excluding carboxylic acids is 1. The summed E-state index contributed by atoms with van der Waals surface area (Å²) in [7, 11) is 0. The molecule has 0 aromatic heterocycles. The highest BCUT2D eigenvalue weighted by Crippen LogP contribution is 2.31. The fraction of sp³-hybridized carbons (Fsp3) is 0.667. The molecular formula is C9H14O2. The first kappa shape index (κ1) is 8.31. The van der Waals surface area contributed by atoms with Crippen molar-refractivity contribution in [3.8, 4) is 0 Å². The molecule has 0 amide bonds. The van der Waals surface area contributed by atoms with Crippen LogP contribution in [0.1, 0.15) is 26.7 Å². The van der Waals surface area contributed by atoms with Gasteiger partial charge in [-0.15, -0.1) is 0 Å². The van der Waals surface area contributed by atoms with E-state index < -0.39 is 5.60 Å². The zero-order valence-corrected chi connectivity index (χ0v) is 7.09. The molecular weight excluding hydrogens is 140 g/mol. The molecule has 2 nitrogen and oxygen atoms in total. The van der Waals surface area contributed by atoms with Crippen molar-refractivity contribution in [3.05, 3.63) is 12.7 Å². The maximum absolute atomic E-state index is 10.9. The van der Waals surface area contributed by atoms with Crippen LogP contribution in [-0.4, -0.2) is 11.6 Å². The van der Waals surface area contributed by atoms with Crippen molar-refractivity contribution in [3.63, 3.8) is 0 Å². The molecule has 1 aliphatic heterocycles. The van der Waals surface area contributed by atoms with Gasteiger partial charge in [0.1, 0.15) is 5.60 Å². The first-order valence-corrected chi connectivity index (χ1v) is 3.94. The fourth-order valence-electron chi connectivity index (χ4n) is 1.26. The molecule has 2 heteroatoms. The van der Waals surface area contributed by atoms with Crippen LogP contribution >= 0.6 is 0 Å². The lowest BCUT2D eigenvalue weighted by atomic mass is 9.85. The third-order valence-electron chi connectivity index (χ3n) is 2.50. The van der Waals surface area contributed by atoms with E-state index in [-0.39, 0.29) is 5.97 Å². The molecule has 11 heavy (non-hydrogen) atoms. The van der Waals surface area contributed by atoms with E-state index in [0.29, 0.717) is 12.3 Å². The lowest BCUT2D eigenvalue weighted by molar-refractivity contribution is -0.165. The summed E-state index contributed by atoms with van der Waals surface area (Å²) < 4.78 is 5.18. The molecule has 0 aliphatic carbocycles. The predicted molar refractivity (Wildman–Crippen MR) is 43.1 cm³/mol. The van der Waals surface area contributed by atoms with Gasteiger partial charge in [-0.25, -0.2) is 0 Å². The maximum atomic E-state index is 10.9. The van der Waals surface area contributed by atoms with Crippen LogP contribution in [0, 0.1) is 5.92 Å². The second-order valence-electron chi connectivity index (χ2n) is 3.30. The van der Waals surface area contributed by atoms with Crippen molar-refractivity contribution in [1.29, 1.82) is 0 Å². The minimum Gasteiger partial charge on any atom is -0.455 e. The fourth-order valence-corrected chi connectivity index (χ4v) is 1.26. The van der Waals surface area contributed by atoms with E-state index in [0.717, 1.165) is 6.42 Å². The van der Waals surface area contributed by atoms with Crippen molar-refractivity contribution < 1.29 is 9.53 Å². The lowest BCUT2D eigenvalue weighted by Gasteiger charge is -2.36. The Hall–Kier alpha value is -0.790. The number of hydrogen-bond acceptors (Lipinski definition) is 2. The molecule has 0 bridgehead atoms. The Bertz CT molecular complexity index is 186. The van der Waals surface area contributed by atoms with Crippen LogP contribution in [0.4, 0.5) is 0 Å². The highest BCUT2D eigenvalue weighted by Gasteiger charge is 2.36. The summed E-state index contributed by atoms with van der Waals surface area (Å²) in [5, 5.41) is 0. The van der Waals surface area contributed by atoms with Crippen molar-refractivity contribution in [1.82, 2.24) is 0 Å². The van der Waals surface area contributed by atoms with Gasteiger partial charge in [-0.1, -0.05) is 13.5 Å². The van der Waals surface area contributed by atoms with E-state index in [9.17, 15) is 4.79 Å². The molecule has 0 spiro atoms. The van der Waals surface area contributed by atoms with E-state index in [1.807, 2.05) is 6.92 Å². The molecule has 1 rings (SSSR count). The molecule has 62 valence electrons. The van der Waals surface area contributed by atoms with E-state index in [4.69, 9.17) is 4.74 Å². The van der Waals surface area contributed by atoms with Crippen LogP contribution < -0.4 is 0 Å². The van der Waals surface area contributed by atoms with Crippen LogP contribution in [0.25, 0.3) is 0 Å². The number of carbonyl (C=O) groups is 1. The van der Waals surface area contributed by atoms with Gasteiger partial charge in [0.25, 0.3) is 0 Å². The third-order valence-corrected chi connectivity index (χ3v) is 2.50. The van der Waals surface area contributed by atoms with Crippen molar-refractivity contribution in [2.45, 2.75) is 32.3 Å². The minimum absolute atomic E-state index is 0.106. The van der Waals surface area contributed by atoms with Crippen LogP contribution in [-0.2, 0) is 9.53 Å². The zero-order chi connectivity index (χ0) is 8.48. The summed E-state index contributed by atoms with van der Waals surface area (Å²) in [5.74, 6) is 0.281. The molecule has 0 N–H and O–H groups in total. The molecule has 0 aromatic rings. The van der Waals surface area contributed by atoms with Crippen molar-refractivity contribution in [2.75, 3.05) is 0 Å². The van der Waals surface area contributed by atoms with E-state index in [2.05, 4.69) is 13.5 Å².